The van der Waals surface area contributed by atoms with Crippen molar-refractivity contribution in [3.8, 4) is 0 Å². The standard InChI is InChI=1S/C8H17N3O/c1-5(2)8(12)7(10)4-11-6(3)9/h5,7,11H,3-4,9-10H2,1-2H3/t7-/m1/s1. The van der Waals surface area contributed by atoms with Crippen molar-refractivity contribution in [1.82, 2.24) is 5.32 Å². The van der Waals surface area contributed by atoms with Crippen LogP contribution in [0.2, 0.25) is 0 Å². The van der Waals surface area contributed by atoms with Gasteiger partial charge < -0.3 is 16.8 Å². The third kappa shape index (κ3) is 3.98. The molecule has 0 aromatic carbocycles. The summed E-state index contributed by atoms with van der Waals surface area (Å²) in [4.78, 5) is 11.2. The van der Waals surface area contributed by atoms with Crippen LogP contribution in [-0.2, 0) is 4.79 Å². The molecule has 0 spiro atoms. The fourth-order valence-corrected chi connectivity index (χ4v) is 0.770. The van der Waals surface area contributed by atoms with Gasteiger partial charge in [-0.3, -0.25) is 4.79 Å². The van der Waals surface area contributed by atoms with Crippen molar-refractivity contribution < 1.29 is 4.79 Å². The smallest absolute Gasteiger partial charge is 0.153 e. The maximum Gasteiger partial charge on any atom is 0.153 e. The molecule has 4 heteroatoms. The largest absolute Gasteiger partial charge is 0.386 e. The van der Waals surface area contributed by atoms with Crippen molar-refractivity contribution in [1.29, 1.82) is 0 Å². The first kappa shape index (κ1) is 11.0. The van der Waals surface area contributed by atoms with Gasteiger partial charge in [-0.25, -0.2) is 0 Å². The fraction of sp³-hybridized carbons (Fsp3) is 0.625. The summed E-state index contributed by atoms with van der Waals surface area (Å²) in [6.07, 6.45) is 0. The van der Waals surface area contributed by atoms with E-state index >= 15 is 0 Å². The number of hydrogen-bond acceptors (Lipinski definition) is 4. The summed E-state index contributed by atoms with van der Waals surface area (Å²) in [5, 5.41) is 2.72. The molecule has 1 atom stereocenters. The van der Waals surface area contributed by atoms with Gasteiger partial charge in [-0.15, -0.1) is 0 Å². The molecule has 5 N–H and O–H groups in total. The van der Waals surface area contributed by atoms with Crippen LogP contribution in [0.5, 0.6) is 0 Å². The molecule has 0 aliphatic carbocycles. The zero-order valence-electron chi connectivity index (χ0n) is 7.63. The molecule has 0 heterocycles. The van der Waals surface area contributed by atoms with Gasteiger partial charge in [0.1, 0.15) is 0 Å². The zero-order valence-corrected chi connectivity index (χ0v) is 7.63. The first-order chi connectivity index (χ1) is 5.45. The van der Waals surface area contributed by atoms with Crippen LogP contribution in [-0.4, -0.2) is 18.4 Å². The van der Waals surface area contributed by atoms with E-state index in [-0.39, 0.29) is 11.7 Å². The van der Waals surface area contributed by atoms with Gasteiger partial charge in [0.2, 0.25) is 0 Å². The Bertz CT molecular complexity index is 177. The van der Waals surface area contributed by atoms with Gasteiger partial charge in [-0.2, -0.15) is 0 Å². The highest BCUT2D eigenvalue weighted by Crippen LogP contribution is 1.96. The van der Waals surface area contributed by atoms with E-state index in [1.807, 2.05) is 13.8 Å². The Morgan fingerprint density at radius 1 is 1.58 bits per heavy atom. The first-order valence-electron chi connectivity index (χ1n) is 3.92. The number of hydrogen-bond donors (Lipinski definition) is 3. The molecule has 0 aliphatic heterocycles. The second kappa shape index (κ2) is 4.77. The summed E-state index contributed by atoms with van der Waals surface area (Å²) in [5.74, 6) is 0.332. The van der Waals surface area contributed by atoms with Crippen LogP contribution in [0.25, 0.3) is 0 Å². The molecule has 0 aromatic rings. The summed E-state index contributed by atoms with van der Waals surface area (Å²) in [7, 11) is 0. The minimum absolute atomic E-state index is 0.0313. The molecule has 0 rings (SSSR count). The molecule has 0 saturated carbocycles. The summed E-state index contributed by atoms with van der Waals surface area (Å²) in [6, 6.07) is -0.495. The van der Waals surface area contributed by atoms with Crippen LogP contribution in [0.15, 0.2) is 12.4 Å². The summed E-state index contributed by atoms with van der Waals surface area (Å²) in [6.45, 7) is 7.42. The Balaban J connectivity index is 3.79. The van der Waals surface area contributed by atoms with Crippen molar-refractivity contribution in [2.24, 2.45) is 17.4 Å². The van der Waals surface area contributed by atoms with Gasteiger partial charge in [0.25, 0.3) is 0 Å². The van der Waals surface area contributed by atoms with Crippen molar-refractivity contribution in [3.63, 3.8) is 0 Å². The SMILES string of the molecule is C=C(N)NC[C@@H](N)C(=O)C(C)C. The number of rotatable bonds is 5. The Kier molecular flexibility index (Phi) is 4.36. The van der Waals surface area contributed by atoms with Crippen LogP contribution in [0.4, 0.5) is 0 Å². The second-order valence-electron chi connectivity index (χ2n) is 3.07. The Hall–Kier alpha value is -1.03. The lowest BCUT2D eigenvalue weighted by molar-refractivity contribution is -0.123. The first-order valence-corrected chi connectivity index (χ1v) is 3.92. The minimum atomic E-state index is -0.495. The molecule has 0 fully saturated rings. The van der Waals surface area contributed by atoms with E-state index in [2.05, 4.69) is 11.9 Å². The molecule has 0 aliphatic rings. The molecule has 12 heavy (non-hydrogen) atoms. The van der Waals surface area contributed by atoms with Gasteiger partial charge in [0, 0.05) is 12.5 Å². The van der Waals surface area contributed by atoms with Crippen LogP contribution >= 0.6 is 0 Å². The van der Waals surface area contributed by atoms with Gasteiger partial charge in [0.05, 0.1) is 11.9 Å². The monoisotopic (exact) mass is 171 g/mol. The van der Waals surface area contributed by atoms with Crippen molar-refractivity contribution in [2.75, 3.05) is 6.54 Å². The Labute approximate surface area is 73.0 Å². The molecule has 0 saturated heterocycles. The molecule has 0 unspecified atom stereocenters. The van der Waals surface area contributed by atoms with E-state index < -0.39 is 6.04 Å². The van der Waals surface area contributed by atoms with E-state index in [1.165, 1.54) is 0 Å². The summed E-state index contributed by atoms with van der Waals surface area (Å²) >= 11 is 0. The van der Waals surface area contributed by atoms with Crippen LogP contribution < -0.4 is 16.8 Å². The zero-order chi connectivity index (χ0) is 9.72. The highest BCUT2D eigenvalue weighted by Gasteiger charge is 2.15. The van der Waals surface area contributed by atoms with E-state index in [1.54, 1.807) is 0 Å². The molecule has 0 bridgehead atoms. The van der Waals surface area contributed by atoms with Gasteiger partial charge in [-0.05, 0) is 0 Å². The second-order valence-corrected chi connectivity index (χ2v) is 3.07. The highest BCUT2D eigenvalue weighted by atomic mass is 16.1. The number of carbonyl (C=O) groups is 1. The van der Waals surface area contributed by atoms with Gasteiger partial charge in [-0.1, -0.05) is 20.4 Å². The van der Waals surface area contributed by atoms with E-state index in [4.69, 9.17) is 11.5 Å². The average molecular weight is 171 g/mol. The summed E-state index contributed by atoms with van der Waals surface area (Å²) in [5.41, 5.74) is 10.8. The normalized spacial score (nSPS) is 12.7. The number of ketones is 1. The topological polar surface area (TPSA) is 81.1 Å². The fourth-order valence-electron chi connectivity index (χ4n) is 0.770. The minimum Gasteiger partial charge on any atom is -0.386 e. The van der Waals surface area contributed by atoms with E-state index in [0.29, 0.717) is 12.4 Å². The maximum absolute atomic E-state index is 11.2. The number of Topliss-reactive ketones (excluding diaryl/α,β-unsaturated/α-hetero) is 1. The predicted molar refractivity (Wildman–Crippen MR) is 49.2 cm³/mol. The van der Waals surface area contributed by atoms with E-state index in [9.17, 15) is 4.79 Å². The predicted octanol–water partition coefficient (Wildman–Crippen LogP) is -0.442. The molecule has 0 amide bonds. The van der Waals surface area contributed by atoms with Gasteiger partial charge >= 0.3 is 0 Å². The van der Waals surface area contributed by atoms with E-state index in [0.717, 1.165) is 0 Å². The van der Waals surface area contributed by atoms with Crippen molar-refractivity contribution in [2.45, 2.75) is 19.9 Å². The lowest BCUT2D eigenvalue weighted by Gasteiger charge is -2.13. The average Bonchev–Trinajstić information content (AvgIpc) is 1.98. The molecular formula is C8H17N3O. The summed E-state index contributed by atoms with van der Waals surface area (Å²) < 4.78 is 0. The lowest BCUT2D eigenvalue weighted by Crippen LogP contribution is -2.42. The molecular weight excluding hydrogens is 154 g/mol. The quantitative estimate of drug-likeness (QED) is 0.523. The number of nitrogens with one attached hydrogen (secondary N) is 1. The number of nitrogens with two attached hydrogens (primary N) is 2. The van der Waals surface area contributed by atoms with Crippen molar-refractivity contribution >= 4 is 5.78 Å². The Morgan fingerprint density at radius 3 is 2.42 bits per heavy atom. The van der Waals surface area contributed by atoms with Crippen LogP contribution in [0.3, 0.4) is 0 Å². The highest BCUT2D eigenvalue weighted by molar-refractivity contribution is 5.85. The van der Waals surface area contributed by atoms with Crippen LogP contribution in [0.1, 0.15) is 13.8 Å². The van der Waals surface area contributed by atoms with Crippen molar-refractivity contribution in [3.05, 3.63) is 12.4 Å². The molecule has 0 radical (unpaired) electrons. The number of carbonyl (C=O) groups excluding carboxylic acids is 1. The Morgan fingerprint density at radius 2 is 2.08 bits per heavy atom. The molecule has 4 nitrogen and oxygen atoms in total. The molecule has 0 aromatic heterocycles. The third-order valence-electron chi connectivity index (χ3n) is 1.48. The lowest BCUT2D eigenvalue weighted by atomic mass is 10.0. The maximum atomic E-state index is 11.2. The van der Waals surface area contributed by atoms with Crippen LogP contribution in [0, 0.1) is 5.92 Å². The molecule has 70 valence electrons. The third-order valence-corrected chi connectivity index (χ3v) is 1.48. The van der Waals surface area contributed by atoms with Gasteiger partial charge in [0.15, 0.2) is 5.78 Å².